The maximum absolute atomic E-state index is 13.9. The van der Waals surface area contributed by atoms with E-state index >= 15 is 0 Å². The van der Waals surface area contributed by atoms with Crippen molar-refractivity contribution in [2.24, 2.45) is 0 Å². The third-order valence-corrected chi connectivity index (χ3v) is 5.05. The summed E-state index contributed by atoms with van der Waals surface area (Å²) in [4.78, 5) is 14.1. The van der Waals surface area contributed by atoms with Gasteiger partial charge in [-0.2, -0.15) is 0 Å². The van der Waals surface area contributed by atoms with E-state index in [4.69, 9.17) is 16.0 Å². The minimum atomic E-state index is -0.413. The van der Waals surface area contributed by atoms with Gasteiger partial charge >= 0.3 is 0 Å². The summed E-state index contributed by atoms with van der Waals surface area (Å²) in [6.07, 6.45) is 0.414. The number of benzene rings is 2. The van der Waals surface area contributed by atoms with E-state index in [9.17, 15) is 9.18 Å². The summed E-state index contributed by atoms with van der Waals surface area (Å²) in [5, 5.41) is 8.39. The molecule has 1 aliphatic rings. The van der Waals surface area contributed by atoms with E-state index in [0.29, 0.717) is 29.4 Å². The van der Waals surface area contributed by atoms with Crippen LogP contribution >= 0.6 is 11.6 Å². The summed E-state index contributed by atoms with van der Waals surface area (Å²) in [7, 11) is 0. The van der Waals surface area contributed by atoms with Gasteiger partial charge in [-0.3, -0.25) is 4.79 Å². The molecule has 0 N–H and O–H groups in total. The molecule has 138 valence electrons. The minimum absolute atomic E-state index is 0.0146. The van der Waals surface area contributed by atoms with Crippen LogP contribution in [0.1, 0.15) is 35.2 Å². The second-order valence-corrected chi connectivity index (χ2v) is 7.06. The monoisotopic (exact) mass is 385 g/mol. The van der Waals surface area contributed by atoms with Crippen LogP contribution in [0.3, 0.4) is 0 Å². The summed E-state index contributed by atoms with van der Waals surface area (Å²) in [5.74, 6) is 0.0828. The molecule has 2 heterocycles. The molecule has 0 unspecified atom stereocenters. The first-order valence-corrected chi connectivity index (χ1v) is 9.01. The molecule has 7 heteroatoms. The van der Waals surface area contributed by atoms with Crippen LogP contribution in [0, 0.1) is 12.7 Å². The molecule has 1 saturated heterocycles. The molecule has 1 atom stereocenters. The van der Waals surface area contributed by atoms with Crippen molar-refractivity contribution in [3.05, 3.63) is 76.2 Å². The molecular formula is C20H17ClFN3O2. The highest BCUT2D eigenvalue weighted by Crippen LogP contribution is 2.32. The van der Waals surface area contributed by atoms with Crippen molar-refractivity contribution in [1.29, 1.82) is 0 Å². The number of carbonyl (C=O) groups excluding carboxylic acids is 1. The number of hydrogen-bond donors (Lipinski definition) is 0. The molecule has 1 aromatic heterocycles. The van der Waals surface area contributed by atoms with Crippen LogP contribution in [0.15, 0.2) is 46.9 Å². The first-order chi connectivity index (χ1) is 13.0. The fourth-order valence-electron chi connectivity index (χ4n) is 3.20. The Morgan fingerprint density at radius 2 is 2.00 bits per heavy atom. The maximum atomic E-state index is 13.9. The van der Waals surface area contributed by atoms with Crippen LogP contribution in [0.2, 0.25) is 5.02 Å². The maximum Gasteiger partial charge on any atom is 0.227 e. The molecule has 1 fully saturated rings. The zero-order valence-electron chi connectivity index (χ0n) is 14.7. The van der Waals surface area contributed by atoms with Crippen LogP contribution in [0.5, 0.6) is 0 Å². The van der Waals surface area contributed by atoms with Crippen molar-refractivity contribution in [3.63, 3.8) is 0 Å². The minimum Gasteiger partial charge on any atom is -0.425 e. The number of amides is 1. The first-order valence-electron chi connectivity index (χ1n) is 8.63. The molecule has 5 nitrogen and oxygen atoms in total. The number of anilines is 1. The normalized spacial score (nSPS) is 16.9. The molecule has 1 amide bonds. The van der Waals surface area contributed by atoms with Gasteiger partial charge in [0.1, 0.15) is 5.82 Å². The Hall–Kier alpha value is -2.73. The lowest BCUT2D eigenvalue weighted by atomic mass is 10.1. The largest absolute Gasteiger partial charge is 0.425 e. The summed E-state index contributed by atoms with van der Waals surface area (Å²) >= 11 is 6.05. The van der Waals surface area contributed by atoms with Gasteiger partial charge in [0.2, 0.25) is 17.7 Å². The van der Waals surface area contributed by atoms with Crippen molar-refractivity contribution >= 4 is 23.2 Å². The topological polar surface area (TPSA) is 59.2 Å². The number of nitrogens with zero attached hydrogens (tertiary/aromatic N) is 3. The summed E-state index contributed by atoms with van der Waals surface area (Å²) in [6, 6.07) is 12.3. The van der Waals surface area contributed by atoms with Crippen LogP contribution in [0.4, 0.5) is 10.1 Å². The van der Waals surface area contributed by atoms with Crippen molar-refractivity contribution in [2.45, 2.75) is 25.7 Å². The molecule has 1 aliphatic heterocycles. The lowest BCUT2D eigenvalue weighted by Crippen LogP contribution is -2.24. The van der Waals surface area contributed by atoms with E-state index in [0.717, 1.165) is 11.3 Å². The lowest BCUT2D eigenvalue weighted by Gasteiger charge is -2.16. The third-order valence-electron chi connectivity index (χ3n) is 4.69. The standard InChI is InChI=1S/C20H17ClFN3O2/c1-12-5-7-14(8-6-12)25-11-13(9-19(25)26)20-24-23-18(27-20)10-15-16(21)3-2-4-17(15)22/h2-8,13H,9-11H2,1H3/t13-/m1/s1. The van der Waals surface area contributed by atoms with Gasteiger partial charge in [0.05, 0.1) is 12.3 Å². The predicted molar refractivity (Wildman–Crippen MR) is 99.4 cm³/mol. The van der Waals surface area contributed by atoms with Gasteiger partial charge in [-0.1, -0.05) is 35.4 Å². The van der Waals surface area contributed by atoms with E-state index in [1.54, 1.807) is 17.0 Å². The Kier molecular flexibility index (Phi) is 4.66. The molecule has 0 saturated carbocycles. The van der Waals surface area contributed by atoms with Crippen LogP contribution in [-0.2, 0) is 11.2 Å². The smallest absolute Gasteiger partial charge is 0.227 e. The number of carbonyl (C=O) groups is 1. The van der Waals surface area contributed by atoms with Gasteiger partial charge in [0.15, 0.2) is 0 Å². The zero-order chi connectivity index (χ0) is 19.0. The van der Waals surface area contributed by atoms with Gasteiger partial charge in [0.25, 0.3) is 0 Å². The quantitative estimate of drug-likeness (QED) is 0.672. The van der Waals surface area contributed by atoms with E-state index < -0.39 is 5.82 Å². The fourth-order valence-corrected chi connectivity index (χ4v) is 3.43. The van der Waals surface area contributed by atoms with Gasteiger partial charge in [-0.05, 0) is 31.2 Å². The average molecular weight is 386 g/mol. The Labute approximate surface area is 160 Å². The van der Waals surface area contributed by atoms with E-state index in [-0.39, 0.29) is 24.1 Å². The molecule has 0 aliphatic carbocycles. The Morgan fingerprint density at radius 1 is 1.22 bits per heavy atom. The molecule has 0 radical (unpaired) electrons. The van der Waals surface area contributed by atoms with E-state index in [2.05, 4.69) is 10.2 Å². The van der Waals surface area contributed by atoms with Crippen molar-refractivity contribution in [1.82, 2.24) is 10.2 Å². The summed E-state index contributed by atoms with van der Waals surface area (Å²) in [6.45, 7) is 2.48. The lowest BCUT2D eigenvalue weighted by molar-refractivity contribution is -0.117. The number of hydrogen-bond acceptors (Lipinski definition) is 4. The van der Waals surface area contributed by atoms with E-state index in [1.165, 1.54) is 6.07 Å². The van der Waals surface area contributed by atoms with Gasteiger partial charge in [-0.15, -0.1) is 10.2 Å². The molecular weight excluding hydrogens is 369 g/mol. The first kappa shape index (κ1) is 17.7. The highest BCUT2D eigenvalue weighted by atomic mass is 35.5. The van der Waals surface area contributed by atoms with Crippen LogP contribution in [-0.4, -0.2) is 22.6 Å². The second kappa shape index (κ2) is 7.12. The molecule has 4 rings (SSSR count). The molecule has 0 bridgehead atoms. The van der Waals surface area contributed by atoms with Gasteiger partial charge in [-0.25, -0.2) is 4.39 Å². The Balaban J connectivity index is 1.50. The highest BCUT2D eigenvalue weighted by molar-refractivity contribution is 6.31. The fraction of sp³-hybridized carbons (Fsp3) is 0.250. The van der Waals surface area contributed by atoms with E-state index in [1.807, 2.05) is 31.2 Å². The van der Waals surface area contributed by atoms with Crippen LogP contribution < -0.4 is 4.90 Å². The molecule has 0 spiro atoms. The molecule has 2 aromatic carbocycles. The Bertz CT molecular complexity index is 967. The summed E-state index contributed by atoms with van der Waals surface area (Å²) in [5.41, 5.74) is 2.31. The predicted octanol–water partition coefficient (Wildman–Crippen LogP) is 4.28. The number of aryl methyl sites for hydroxylation is 1. The van der Waals surface area contributed by atoms with Crippen molar-refractivity contribution < 1.29 is 13.6 Å². The number of aromatic nitrogens is 2. The summed E-state index contributed by atoms with van der Waals surface area (Å²) < 4.78 is 19.6. The average Bonchev–Trinajstić information content (AvgIpc) is 3.26. The third kappa shape index (κ3) is 3.57. The van der Waals surface area contributed by atoms with Gasteiger partial charge < -0.3 is 9.32 Å². The number of rotatable bonds is 4. The SMILES string of the molecule is Cc1ccc(N2C[C@H](c3nnc(Cc4c(F)cccc4Cl)o3)CC2=O)cc1. The van der Waals surface area contributed by atoms with Crippen molar-refractivity contribution in [3.8, 4) is 0 Å². The zero-order valence-corrected chi connectivity index (χ0v) is 15.4. The van der Waals surface area contributed by atoms with Crippen LogP contribution in [0.25, 0.3) is 0 Å². The highest BCUT2D eigenvalue weighted by Gasteiger charge is 2.35. The number of halogens is 2. The van der Waals surface area contributed by atoms with Crippen molar-refractivity contribution in [2.75, 3.05) is 11.4 Å². The second-order valence-electron chi connectivity index (χ2n) is 6.65. The Morgan fingerprint density at radius 3 is 2.74 bits per heavy atom. The van der Waals surface area contributed by atoms with Gasteiger partial charge in [0, 0.05) is 29.2 Å². The molecule has 27 heavy (non-hydrogen) atoms. The molecule has 3 aromatic rings.